The highest BCUT2D eigenvalue weighted by Gasteiger charge is 2.36. The van der Waals surface area contributed by atoms with Crippen LogP contribution in [0.2, 0.25) is 0 Å². The molecule has 0 aromatic carbocycles. The maximum Gasteiger partial charge on any atom is 0.222 e. The van der Waals surface area contributed by atoms with Crippen LogP contribution in [0.25, 0.3) is 0 Å². The Morgan fingerprint density at radius 2 is 2.08 bits per heavy atom. The van der Waals surface area contributed by atoms with E-state index in [1.165, 1.54) is 0 Å². The van der Waals surface area contributed by atoms with Gasteiger partial charge in [-0.1, -0.05) is 13.3 Å². The molecule has 26 heavy (non-hydrogen) atoms. The number of carbonyl (C=O) groups excluding carboxylic acids is 1. The van der Waals surface area contributed by atoms with Gasteiger partial charge >= 0.3 is 0 Å². The Kier molecular flexibility index (Phi) is 8.24. The second-order valence-corrected chi connectivity index (χ2v) is 7.22. The van der Waals surface area contributed by atoms with Crippen LogP contribution in [0.1, 0.15) is 44.9 Å². The Balaban J connectivity index is 0.00000243. The standard InChI is InChI=1S/C17H30N6O2.ClH/c1-3-4-14-11-22(15-6-9-25-10-7-15)12-16(14)18-17(24)5-8-23-13(2)19-20-21-23;/h14-16H,3-12H2,1-2H3,(H,18,24);1H/t14-,16-;/m0./s1. The van der Waals surface area contributed by atoms with E-state index in [1.807, 2.05) is 6.92 Å². The van der Waals surface area contributed by atoms with E-state index >= 15 is 0 Å². The van der Waals surface area contributed by atoms with Gasteiger partial charge in [0.2, 0.25) is 5.91 Å². The number of amides is 1. The van der Waals surface area contributed by atoms with Gasteiger partial charge in [0, 0.05) is 44.8 Å². The monoisotopic (exact) mass is 386 g/mol. The van der Waals surface area contributed by atoms with E-state index in [9.17, 15) is 4.79 Å². The lowest BCUT2D eigenvalue weighted by molar-refractivity contribution is -0.122. The number of nitrogens with one attached hydrogen (secondary N) is 1. The van der Waals surface area contributed by atoms with E-state index in [4.69, 9.17) is 4.74 Å². The van der Waals surface area contributed by atoms with Crippen LogP contribution in [0.5, 0.6) is 0 Å². The van der Waals surface area contributed by atoms with Crippen molar-refractivity contribution >= 4 is 18.3 Å². The second-order valence-electron chi connectivity index (χ2n) is 7.22. The van der Waals surface area contributed by atoms with Crippen molar-refractivity contribution in [3.63, 3.8) is 0 Å². The minimum Gasteiger partial charge on any atom is -0.381 e. The fraction of sp³-hybridized carbons (Fsp3) is 0.882. The maximum absolute atomic E-state index is 12.4. The van der Waals surface area contributed by atoms with Crippen LogP contribution >= 0.6 is 12.4 Å². The molecule has 1 aromatic heterocycles. The van der Waals surface area contributed by atoms with E-state index in [0.717, 1.165) is 57.8 Å². The summed E-state index contributed by atoms with van der Waals surface area (Å²) >= 11 is 0. The Labute approximate surface area is 161 Å². The Bertz CT molecular complexity index is 563. The van der Waals surface area contributed by atoms with Crippen LogP contribution < -0.4 is 5.32 Å². The van der Waals surface area contributed by atoms with Gasteiger partial charge in [0.25, 0.3) is 0 Å². The molecule has 0 radical (unpaired) electrons. The third kappa shape index (κ3) is 5.37. The van der Waals surface area contributed by atoms with Crippen molar-refractivity contribution in [3.8, 4) is 0 Å². The molecule has 2 saturated heterocycles. The van der Waals surface area contributed by atoms with Crippen LogP contribution in [0.4, 0.5) is 0 Å². The number of ether oxygens (including phenoxy) is 1. The van der Waals surface area contributed by atoms with Gasteiger partial charge < -0.3 is 10.1 Å². The summed E-state index contributed by atoms with van der Waals surface area (Å²) in [4.78, 5) is 15.0. The first kappa shape index (κ1) is 21.1. The number of nitrogens with zero attached hydrogens (tertiary/aromatic N) is 5. The number of rotatable bonds is 7. The number of aryl methyl sites for hydroxylation is 2. The zero-order valence-corrected chi connectivity index (χ0v) is 16.6. The number of hydrogen-bond donors (Lipinski definition) is 1. The highest BCUT2D eigenvalue weighted by atomic mass is 35.5. The Hall–Kier alpha value is -1.25. The molecule has 3 rings (SSSR count). The number of halogens is 1. The summed E-state index contributed by atoms with van der Waals surface area (Å²) in [5.41, 5.74) is 0. The molecule has 2 atom stereocenters. The number of likely N-dealkylation sites (tertiary alicyclic amines) is 1. The van der Waals surface area contributed by atoms with Gasteiger partial charge in [-0.25, -0.2) is 4.68 Å². The minimum atomic E-state index is 0. The quantitative estimate of drug-likeness (QED) is 0.757. The minimum absolute atomic E-state index is 0. The average molecular weight is 387 g/mol. The normalized spacial score (nSPS) is 24.4. The van der Waals surface area contributed by atoms with E-state index in [2.05, 4.69) is 32.7 Å². The molecule has 148 valence electrons. The molecule has 0 unspecified atom stereocenters. The van der Waals surface area contributed by atoms with Crippen LogP contribution in [-0.4, -0.2) is 69.4 Å². The van der Waals surface area contributed by atoms with Crippen molar-refractivity contribution in [1.82, 2.24) is 30.4 Å². The summed E-state index contributed by atoms with van der Waals surface area (Å²) < 4.78 is 7.16. The largest absolute Gasteiger partial charge is 0.381 e. The van der Waals surface area contributed by atoms with Crippen molar-refractivity contribution in [1.29, 1.82) is 0 Å². The molecule has 1 amide bonds. The molecule has 3 heterocycles. The molecule has 1 N–H and O–H groups in total. The van der Waals surface area contributed by atoms with Crippen LogP contribution in [0.3, 0.4) is 0 Å². The Morgan fingerprint density at radius 3 is 2.73 bits per heavy atom. The molecule has 0 bridgehead atoms. The van der Waals surface area contributed by atoms with Gasteiger partial charge in [0.15, 0.2) is 0 Å². The van der Waals surface area contributed by atoms with Crippen molar-refractivity contribution in [2.75, 3.05) is 26.3 Å². The second kappa shape index (κ2) is 10.2. The van der Waals surface area contributed by atoms with Gasteiger partial charge in [0.05, 0.1) is 6.54 Å². The van der Waals surface area contributed by atoms with Crippen LogP contribution in [0.15, 0.2) is 0 Å². The molecular formula is C17H31ClN6O2. The smallest absolute Gasteiger partial charge is 0.222 e. The van der Waals surface area contributed by atoms with Gasteiger partial charge in [-0.2, -0.15) is 0 Å². The third-order valence-corrected chi connectivity index (χ3v) is 5.44. The zero-order valence-electron chi connectivity index (χ0n) is 15.8. The molecule has 0 saturated carbocycles. The lowest BCUT2D eigenvalue weighted by Crippen LogP contribution is -2.42. The predicted octanol–water partition coefficient (Wildman–Crippen LogP) is 1.19. The first-order valence-electron chi connectivity index (χ1n) is 9.51. The van der Waals surface area contributed by atoms with Crippen molar-refractivity contribution in [2.45, 2.75) is 64.6 Å². The molecule has 8 nitrogen and oxygen atoms in total. The summed E-state index contributed by atoms with van der Waals surface area (Å²) in [7, 11) is 0. The summed E-state index contributed by atoms with van der Waals surface area (Å²) in [6.07, 6.45) is 4.95. The lowest BCUT2D eigenvalue weighted by Gasteiger charge is -2.31. The number of carbonyl (C=O) groups is 1. The fourth-order valence-electron chi connectivity index (χ4n) is 4.02. The predicted molar refractivity (Wildman–Crippen MR) is 100 cm³/mol. The molecule has 2 aliphatic heterocycles. The highest BCUT2D eigenvalue weighted by molar-refractivity contribution is 5.85. The summed E-state index contributed by atoms with van der Waals surface area (Å²) in [6.45, 7) is 8.37. The molecular weight excluding hydrogens is 356 g/mol. The third-order valence-electron chi connectivity index (χ3n) is 5.44. The van der Waals surface area contributed by atoms with Crippen LogP contribution in [0, 0.1) is 12.8 Å². The maximum atomic E-state index is 12.4. The molecule has 0 aliphatic carbocycles. The zero-order chi connectivity index (χ0) is 17.6. The molecule has 1 aromatic rings. The topological polar surface area (TPSA) is 85.2 Å². The highest BCUT2D eigenvalue weighted by Crippen LogP contribution is 2.27. The molecule has 2 aliphatic rings. The summed E-state index contributed by atoms with van der Waals surface area (Å²) in [6, 6.07) is 0.865. The molecule has 9 heteroatoms. The van der Waals surface area contributed by atoms with Crippen molar-refractivity contribution < 1.29 is 9.53 Å². The van der Waals surface area contributed by atoms with Crippen LogP contribution in [-0.2, 0) is 16.1 Å². The number of aromatic nitrogens is 4. The Morgan fingerprint density at radius 1 is 1.31 bits per heavy atom. The van der Waals surface area contributed by atoms with Crippen molar-refractivity contribution in [3.05, 3.63) is 5.82 Å². The van der Waals surface area contributed by atoms with E-state index in [-0.39, 0.29) is 24.4 Å². The van der Waals surface area contributed by atoms with E-state index < -0.39 is 0 Å². The SMILES string of the molecule is CCC[C@H]1CN(C2CCOCC2)C[C@@H]1NC(=O)CCn1nnnc1C.Cl. The lowest BCUT2D eigenvalue weighted by atomic mass is 9.98. The van der Waals surface area contributed by atoms with Gasteiger partial charge in [-0.05, 0) is 42.5 Å². The molecule has 2 fully saturated rings. The summed E-state index contributed by atoms with van der Waals surface area (Å²) in [5, 5.41) is 14.6. The fourth-order valence-corrected chi connectivity index (χ4v) is 4.02. The molecule has 0 spiro atoms. The van der Waals surface area contributed by atoms with Gasteiger partial charge in [0.1, 0.15) is 5.82 Å². The van der Waals surface area contributed by atoms with Crippen molar-refractivity contribution in [2.24, 2.45) is 5.92 Å². The van der Waals surface area contributed by atoms with E-state index in [0.29, 0.717) is 24.9 Å². The number of tetrazole rings is 1. The van der Waals surface area contributed by atoms with Gasteiger partial charge in [-0.15, -0.1) is 17.5 Å². The number of hydrogen-bond acceptors (Lipinski definition) is 6. The van der Waals surface area contributed by atoms with Gasteiger partial charge in [-0.3, -0.25) is 9.69 Å². The first-order chi connectivity index (χ1) is 12.2. The summed E-state index contributed by atoms with van der Waals surface area (Å²) in [5.74, 6) is 1.38. The van der Waals surface area contributed by atoms with E-state index in [1.54, 1.807) is 4.68 Å². The first-order valence-corrected chi connectivity index (χ1v) is 9.51. The average Bonchev–Trinajstić information content (AvgIpc) is 3.21.